The van der Waals surface area contributed by atoms with E-state index in [0.29, 0.717) is 22.2 Å². The van der Waals surface area contributed by atoms with E-state index in [9.17, 15) is 9.59 Å². The molecule has 0 unspecified atom stereocenters. The van der Waals surface area contributed by atoms with E-state index >= 15 is 0 Å². The number of H-pyrrole nitrogens is 1. The number of aromatic nitrogens is 1. The Labute approximate surface area is 114 Å². The van der Waals surface area contributed by atoms with Gasteiger partial charge < -0.3 is 19.6 Å². The van der Waals surface area contributed by atoms with Gasteiger partial charge in [0.15, 0.2) is 0 Å². The van der Waals surface area contributed by atoms with Crippen LogP contribution in [0.1, 0.15) is 16.1 Å². The van der Waals surface area contributed by atoms with Crippen LogP contribution in [0.3, 0.4) is 0 Å². The molecule has 0 amide bonds. The Balaban J connectivity index is 2.68. The zero-order valence-electron chi connectivity index (χ0n) is 11.0. The van der Waals surface area contributed by atoms with Gasteiger partial charge in [-0.15, -0.1) is 0 Å². The number of hydrogen-bond acceptors (Lipinski definition) is 4. The van der Waals surface area contributed by atoms with Gasteiger partial charge in [0.05, 0.1) is 14.2 Å². The highest BCUT2D eigenvalue weighted by Crippen LogP contribution is 2.28. The average Bonchev–Trinajstić information content (AvgIpc) is 2.81. The van der Waals surface area contributed by atoms with Crippen LogP contribution in [-0.2, 0) is 9.53 Å². The number of hydrogen-bond donors (Lipinski definition) is 2. The van der Waals surface area contributed by atoms with Crippen molar-refractivity contribution in [2.24, 2.45) is 0 Å². The predicted octanol–water partition coefficient (Wildman–Crippen LogP) is 2.06. The molecule has 0 fully saturated rings. The largest absolute Gasteiger partial charge is 0.497 e. The van der Waals surface area contributed by atoms with Gasteiger partial charge in [-0.05, 0) is 24.3 Å². The third kappa shape index (κ3) is 2.49. The highest BCUT2D eigenvalue weighted by molar-refractivity contribution is 6.04. The number of fused-ring (bicyclic) bond motifs is 1. The topological polar surface area (TPSA) is 88.6 Å². The Hall–Kier alpha value is -2.76. The highest BCUT2D eigenvalue weighted by atomic mass is 16.5. The van der Waals surface area contributed by atoms with E-state index in [1.165, 1.54) is 20.3 Å². The van der Waals surface area contributed by atoms with Gasteiger partial charge in [-0.1, -0.05) is 0 Å². The molecule has 0 bridgehead atoms. The van der Waals surface area contributed by atoms with Crippen molar-refractivity contribution in [2.45, 2.75) is 0 Å². The van der Waals surface area contributed by atoms with Crippen molar-refractivity contribution in [3.8, 4) is 5.75 Å². The fraction of sp³-hybridized carbons (Fsp3) is 0.143. The van der Waals surface area contributed by atoms with E-state index in [2.05, 4.69) is 9.72 Å². The SMILES string of the molecule is COC(=O)c1[nH]c2ccc(OC)cc2c1/C=C\C(=O)O. The summed E-state index contributed by atoms with van der Waals surface area (Å²) < 4.78 is 9.82. The maximum absolute atomic E-state index is 11.7. The lowest BCUT2D eigenvalue weighted by Crippen LogP contribution is -2.03. The van der Waals surface area contributed by atoms with Crippen LogP contribution in [0, 0.1) is 0 Å². The summed E-state index contributed by atoms with van der Waals surface area (Å²) in [4.78, 5) is 25.3. The predicted molar refractivity (Wildman–Crippen MR) is 72.9 cm³/mol. The third-order valence-electron chi connectivity index (χ3n) is 2.83. The molecule has 104 valence electrons. The second kappa shape index (κ2) is 5.48. The fourth-order valence-corrected chi connectivity index (χ4v) is 1.91. The monoisotopic (exact) mass is 275 g/mol. The summed E-state index contributed by atoms with van der Waals surface area (Å²) in [6.45, 7) is 0. The van der Waals surface area contributed by atoms with Crippen molar-refractivity contribution < 1.29 is 24.2 Å². The van der Waals surface area contributed by atoms with E-state index in [1.807, 2.05) is 0 Å². The average molecular weight is 275 g/mol. The number of aromatic amines is 1. The van der Waals surface area contributed by atoms with E-state index in [0.717, 1.165) is 6.08 Å². The summed E-state index contributed by atoms with van der Waals surface area (Å²) in [5, 5.41) is 9.42. The van der Waals surface area contributed by atoms with E-state index in [1.54, 1.807) is 18.2 Å². The molecule has 1 aromatic carbocycles. The molecule has 6 nitrogen and oxygen atoms in total. The molecular weight excluding hydrogens is 262 g/mol. The number of esters is 1. The molecule has 0 radical (unpaired) electrons. The first-order valence-electron chi connectivity index (χ1n) is 5.76. The number of rotatable bonds is 4. The molecular formula is C14H13NO5. The maximum Gasteiger partial charge on any atom is 0.355 e. The van der Waals surface area contributed by atoms with Crippen molar-refractivity contribution in [1.29, 1.82) is 0 Å². The highest BCUT2D eigenvalue weighted by Gasteiger charge is 2.17. The van der Waals surface area contributed by atoms with Gasteiger partial charge in [0, 0.05) is 22.5 Å². The fourth-order valence-electron chi connectivity index (χ4n) is 1.91. The zero-order valence-corrected chi connectivity index (χ0v) is 11.0. The lowest BCUT2D eigenvalue weighted by atomic mass is 10.1. The number of carbonyl (C=O) groups excluding carboxylic acids is 1. The molecule has 2 rings (SSSR count). The minimum Gasteiger partial charge on any atom is -0.497 e. The van der Waals surface area contributed by atoms with Gasteiger partial charge in [0.25, 0.3) is 0 Å². The zero-order chi connectivity index (χ0) is 14.7. The lowest BCUT2D eigenvalue weighted by molar-refractivity contribution is -0.131. The minimum atomic E-state index is -1.10. The number of carbonyl (C=O) groups is 2. The van der Waals surface area contributed by atoms with E-state index in [4.69, 9.17) is 9.84 Å². The molecule has 0 saturated heterocycles. The maximum atomic E-state index is 11.7. The molecule has 0 spiro atoms. The molecule has 2 N–H and O–H groups in total. The van der Waals surface area contributed by atoms with E-state index < -0.39 is 11.9 Å². The van der Waals surface area contributed by atoms with Gasteiger partial charge in [-0.3, -0.25) is 0 Å². The first-order chi connectivity index (χ1) is 9.56. The van der Waals surface area contributed by atoms with Gasteiger partial charge in [0.2, 0.25) is 0 Å². The summed E-state index contributed by atoms with van der Waals surface area (Å²) in [6, 6.07) is 5.21. The summed E-state index contributed by atoms with van der Waals surface area (Å²) in [5.74, 6) is -1.05. The van der Waals surface area contributed by atoms with Crippen LogP contribution in [0.2, 0.25) is 0 Å². The first-order valence-corrected chi connectivity index (χ1v) is 5.76. The molecule has 0 saturated carbocycles. The second-order valence-electron chi connectivity index (χ2n) is 3.99. The molecule has 6 heteroatoms. The minimum absolute atomic E-state index is 0.202. The number of carboxylic acids is 1. The molecule has 2 aromatic rings. The van der Waals surface area contributed by atoms with Crippen molar-refractivity contribution in [3.63, 3.8) is 0 Å². The molecule has 1 heterocycles. The number of nitrogens with one attached hydrogen (secondary N) is 1. The van der Waals surface area contributed by atoms with Gasteiger partial charge >= 0.3 is 11.9 Å². The number of carboxylic acid groups (broad SMARTS) is 1. The molecule has 20 heavy (non-hydrogen) atoms. The van der Waals surface area contributed by atoms with Gasteiger partial charge in [0.1, 0.15) is 11.4 Å². The Morgan fingerprint density at radius 3 is 2.65 bits per heavy atom. The Morgan fingerprint density at radius 2 is 2.05 bits per heavy atom. The standard InChI is InChI=1S/C14H13NO5/c1-19-8-3-5-11-10(7-8)9(4-6-12(16)17)13(15-11)14(18)20-2/h3-7,15H,1-2H3,(H,16,17)/b6-4-. The van der Waals surface area contributed by atoms with Crippen LogP contribution in [0.25, 0.3) is 17.0 Å². The van der Waals surface area contributed by atoms with Gasteiger partial charge in [-0.2, -0.15) is 0 Å². The van der Waals surface area contributed by atoms with Gasteiger partial charge in [-0.25, -0.2) is 9.59 Å². The molecule has 0 atom stereocenters. The van der Waals surface area contributed by atoms with Crippen molar-refractivity contribution >= 4 is 28.9 Å². The Morgan fingerprint density at radius 1 is 1.30 bits per heavy atom. The summed E-state index contributed by atoms with van der Waals surface area (Å²) in [7, 11) is 2.79. The Bertz CT molecular complexity index is 699. The number of benzene rings is 1. The van der Waals surface area contributed by atoms with Crippen LogP contribution in [0.5, 0.6) is 5.75 Å². The quantitative estimate of drug-likeness (QED) is 0.658. The molecule has 0 aliphatic carbocycles. The lowest BCUT2D eigenvalue weighted by Gasteiger charge is -2.00. The first kappa shape index (κ1) is 13.7. The van der Waals surface area contributed by atoms with Crippen molar-refractivity contribution in [1.82, 2.24) is 4.98 Å². The van der Waals surface area contributed by atoms with Crippen LogP contribution in [0.15, 0.2) is 24.3 Å². The summed E-state index contributed by atoms with van der Waals surface area (Å²) in [5.41, 5.74) is 1.35. The van der Waals surface area contributed by atoms with Crippen molar-refractivity contribution in [2.75, 3.05) is 14.2 Å². The van der Waals surface area contributed by atoms with Crippen molar-refractivity contribution in [3.05, 3.63) is 35.5 Å². The molecule has 0 aliphatic heterocycles. The second-order valence-corrected chi connectivity index (χ2v) is 3.99. The van der Waals surface area contributed by atoms with Crippen LogP contribution in [0.4, 0.5) is 0 Å². The summed E-state index contributed by atoms with van der Waals surface area (Å²) >= 11 is 0. The summed E-state index contributed by atoms with van der Waals surface area (Å²) in [6.07, 6.45) is 2.32. The number of aliphatic carboxylic acids is 1. The normalized spacial score (nSPS) is 10.9. The number of methoxy groups -OCH3 is 2. The Kier molecular flexibility index (Phi) is 3.74. The van der Waals surface area contributed by atoms with Crippen LogP contribution < -0.4 is 4.74 Å². The molecule has 0 aliphatic rings. The van der Waals surface area contributed by atoms with Crippen LogP contribution >= 0.6 is 0 Å². The molecule has 1 aromatic heterocycles. The van der Waals surface area contributed by atoms with Crippen LogP contribution in [-0.4, -0.2) is 36.2 Å². The smallest absolute Gasteiger partial charge is 0.355 e. The van der Waals surface area contributed by atoms with E-state index in [-0.39, 0.29) is 5.69 Å². The number of ether oxygens (including phenoxy) is 2. The third-order valence-corrected chi connectivity index (χ3v) is 2.83.